The number of nitrogens with zero attached hydrogens (tertiary/aromatic N) is 1. The molecule has 0 aromatic carbocycles. The Balaban J connectivity index is 2.49. The zero-order valence-corrected chi connectivity index (χ0v) is 4.78. The average molecular weight is 132 g/mol. The number of nitro groups is 1. The summed E-state index contributed by atoms with van der Waals surface area (Å²) in [5.41, 5.74) is 0. The maximum absolute atomic E-state index is 10.0. The smallest absolute Gasteiger partial charge is 0.252 e. The number of nitrogens with one attached hydrogen (secondary N) is 1. The maximum Gasteiger partial charge on any atom is 0.252 e. The van der Waals surface area contributed by atoms with Crippen LogP contribution in [0.15, 0.2) is 0 Å². The van der Waals surface area contributed by atoms with E-state index in [9.17, 15) is 10.1 Å². The maximum atomic E-state index is 10.0. The van der Waals surface area contributed by atoms with Crippen molar-refractivity contribution in [2.24, 2.45) is 0 Å². The van der Waals surface area contributed by atoms with E-state index < -0.39 is 17.1 Å². The SMILES string of the molecule is O=[N+]([O-])[C@@H]1CNC[C@H]1O. The quantitative estimate of drug-likeness (QED) is 0.339. The fourth-order valence-electron chi connectivity index (χ4n) is 0.866. The van der Waals surface area contributed by atoms with Crippen molar-refractivity contribution < 1.29 is 10.0 Å². The molecule has 1 fully saturated rings. The number of aliphatic hydroxyl groups excluding tert-OH is 1. The monoisotopic (exact) mass is 132 g/mol. The van der Waals surface area contributed by atoms with Crippen LogP contribution in [-0.2, 0) is 0 Å². The molecule has 0 spiro atoms. The van der Waals surface area contributed by atoms with Gasteiger partial charge in [0.05, 0.1) is 6.54 Å². The van der Waals surface area contributed by atoms with Gasteiger partial charge in [-0.05, 0) is 0 Å². The van der Waals surface area contributed by atoms with Crippen LogP contribution in [0.1, 0.15) is 0 Å². The average Bonchev–Trinajstić information content (AvgIpc) is 2.13. The van der Waals surface area contributed by atoms with Crippen molar-refractivity contribution in [3.8, 4) is 0 Å². The van der Waals surface area contributed by atoms with E-state index in [4.69, 9.17) is 5.11 Å². The second-order valence-electron chi connectivity index (χ2n) is 2.08. The van der Waals surface area contributed by atoms with Gasteiger partial charge in [0, 0.05) is 11.5 Å². The molecule has 1 saturated heterocycles. The Labute approximate surface area is 51.8 Å². The molecule has 2 atom stereocenters. The van der Waals surface area contributed by atoms with Crippen LogP contribution >= 0.6 is 0 Å². The third-order valence-corrected chi connectivity index (χ3v) is 1.42. The van der Waals surface area contributed by atoms with E-state index in [1.807, 2.05) is 0 Å². The van der Waals surface area contributed by atoms with Gasteiger partial charge in [-0.1, -0.05) is 0 Å². The van der Waals surface area contributed by atoms with Crippen LogP contribution in [-0.4, -0.2) is 35.3 Å². The number of hydrogen-bond donors (Lipinski definition) is 2. The van der Waals surface area contributed by atoms with E-state index >= 15 is 0 Å². The predicted molar refractivity (Wildman–Crippen MR) is 29.7 cm³/mol. The van der Waals surface area contributed by atoms with Gasteiger partial charge in [0.15, 0.2) is 0 Å². The van der Waals surface area contributed by atoms with Crippen LogP contribution in [0.3, 0.4) is 0 Å². The van der Waals surface area contributed by atoms with Gasteiger partial charge in [0.25, 0.3) is 6.04 Å². The molecular weight excluding hydrogens is 124 g/mol. The summed E-state index contributed by atoms with van der Waals surface area (Å²) in [5, 5.41) is 21.6. The van der Waals surface area contributed by atoms with Crippen LogP contribution in [0.2, 0.25) is 0 Å². The number of rotatable bonds is 1. The minimum absolute atomic E-state index is 0.286. The van der Waals surface area contributed by atoms with E-state index in [2.05, 4.69) is 5.32 Å². The van der Waals surface area contributed by atoms with Crippen LogP contribution in [0.25, 0.3) is 0 Å². The summed E-state index contributed by atoms with van der Waals surface area (Å²) in [5.74, 6) is 0. The van der Waals surface area contributed by atoms with Gasteiger partial charge in [-0.25, -0.2) is 0 Å². The van der Waals surface area contributed by atoms with E-state index in [0.29, 0.717) is 6.54 Å². The first-order valence-corrected chi connectivity index (χ1v) is 2.74. The molecule has 0 radical (unpaired) electrons. The van der Waals surface area contributed by atoms with E-state index in [0.717, 1.165) is 0 Å². The van der Waals surface area contributed by atoms with Gasteiger partial charge >= 0.3 is 0 Å². The zero-order chi connectivity index (χ0) is 6.85. The summed E-state index contributed by atoms with van der Waals surface area (Å²) in [4.78, 5) is 9.56. The molecule has 1 aliphatic heterocycles. The fourth-order valence-corrected chi connectivity index (χ4v) is 0.866. The molecule has 0 unspecified atom stereocenters. The molecule has 1 rings (SSSR count). The van der Waals surface area contributed by atoms with Crippen molar-refractivity contribution in [1.29, 1.82) is 0 Å². The summed E-state index contributed by atoms with van der Waals surface area (Å²) in [6, 6.07) is -0.801. The highest BCUT2D eigenvalue weighted by atomic mass is 16.6. The Kier molecular flexibility index (Phi) is 1.63. The molecule has 52 valence electrons. The molecule has 5 nitrogen and oxygen atoms in total. The first-order chi connectivity index (χ1) is 4.22. The van der Waals surface area contributed by atoms with Gasteiger partial charge in [0.2, 0.25) is 0 Å². The normalized spacial score (nSPS) is 34.8. The number of hydrogen-bond acceptors (Lipinski definition) is 4. The molecular formula is C4H8N2O3. The molecule has 9 heavy (non-hydrogen) atoms. The molecule has 0 amide bonds. The molecule has 0 saturated carbocycles. The lowest BCUT2D eigenvalue weighted by molar-refractivity contribution is -0.526. The van der Waals surface area contributed by atoms with Crippen molar-refractivity contribution in [3.05, 3.63) is 10.1 Å². The van der Waals surface area contributed by atoms with Gasteiger partial charge in [-0.2, -0.15) is 0 Å². The summed E-state index contributed by atoms with van der Waals surface area (Å²) >= 11 is 0. The molecule has 0 aromatic heterocycles. The molecule has 0 aromatic rings. The van der Waals surface area contributed by atoms with Crippen LogP contribution in [0.4, 0.5) is 0 Å². The van der Waals surface area contributed by atoms with Crippen molar-refractivity contribution >= 4 is 0 Å². The standard InChI is InChI=1S/C4H8N2O3/c7-4-2-5-1-3(4)6(8)9/h3-5,7H,1-2H2/t3-,4-/m1/s1. The highest BCUT2D eigenvalue weighted by Gasteiger charge is 2.34. The van der Waals surface area contributed by atoms with Crippen molar-refractivity contribution in [2.75, 3.05) is 13.1 Å². The molecule has 5 heteroatoms. The molecule has 1 heterocycles. The summed E-state index contributed by atoms with van der Waals surface area (Å²) in [6.07, 6.45) is -0.806. The minimum Gasteiger partial charge on any atom is -0.385 e. The summed E-state index contributed by atoms with van der Waals surface area (Å²) in [6.45, 7) is 0.625. The van der Waals surface area contributed by atoms with E-state index in [-0.39, 0.29) is 6.54 Å². The Morgan fingerprint density at radius 1 is 1.67 bits per heavy atom. The van der Waals surface area contributed by atoms with Gasteiger partial charge in [0.1, 0.15) is 6.10 Å². The Hall–Kier alpha value is -0.680. The molecule has 0 aliphatic carbocycles. The topological polar surface area (TPSA) is 75.4 Å². The van der Waals surface area contributed by atoms with Gasteiger partial charge < -0.3 is 10.4 Å². The van der Waals surface area contributed by atoms with Crippen molar-refractivity contribution in [1.82, 2.24) is 5.32 Å². The second kappa shape index (κ2) is 2.28. The van der Waals surface area contributed by atoms with Crippen LogP contribution in [0, 0.1) is 10.1 Å². The lowest BCUT2D eigenvalue weighted by atomic mass is 10.2. The van der Waals surface area contributed by atoms with E-state index in [1.54, 1.807) is 0 Å². The van der Waals surface area contributed by atoms with Crippen LogP contribution < -0.4 is 5.32 Å². The van der Waals surface area contributed by atoms with Crippen LogP contribution in [0.5, 0.6) is 0 Å². The van der Waals surface area contributed by atoms with Gasteiger partial charge in [-0.15, -0.1) is 0 Å². The lowest BCUT2D eigenvalue weighted by Gasteiger charge is -2.02. The first-order valence-electron chi connectivity index (χ1n) is 2.74. The Bertz CT molecular complexity index is 127. The molecule has 1 aliphatic rings. The third-order valence-electron chi connectivity index (χ3n) is 1.42. The third kappa shape index (κ3) is 1.17. The minimum atomic E-state index is -0.806. The molecule has 2 N–H and O–H groups in total. The second-order valence-corrected chi connectivity index (χ2v) is 2.08. The lowest BCUT2D eigenvalue weighted by Crippen LogP contribution is -2.31. The van der Waals surface area contributed by atoms with Crippen molar-refractivity contribution in [2.45, 2.75) is 12.1 Å². The van der Waals surface area contributed by atoms with Crippen molar-refractivity contribution in [3.63, 3.8) is 0 Å². The summed E-state index contributed by atoms with van der Waals surface area (Å²) in [7, 11) is 0. The first kappa shape index (κ1) is 6.44. The molecule has 0 bridgehead atoms. The number of aliphatic hydroxyl groups is 1. The fraction of sp³-hybridized carbons (Fsp3) is 1.00. The zero-order valence-electron chi connectivity index (χ0n) is 4.78. The summed E-state index contributed by atoms with van der Waals surface area (Å²) < 4.78 is 0. The number of β-amino-alcohol motifs (C(OH)–C–C–N with tert-alkyl or cyclic N) is 1. The predicted octanol–water partition coefficient (Wildman–Crippen LogP) is -1.40. The van der Waals surface area contributed by atoms with E-state index in [1.165, 1.54) is 0 Å². The Morgan fingerprint density at radius 2 is 2.33 bits per heavy atom. The highest BCUT2D eigenvalue weighted by molar-refractivity contribution is 4.79. The van der Waals surface area contributed by atoms with Gasteiger partial charge in [-0.3, -0.25) is 10.1 Å². The largest absolute Gasteiger partial charge is 0.385 e. The highest BCUT2D eigenvalue weighted by Crippen LogP contribution is 2.01. The Morgan fingerprint density at radius 3 is 2.56 bits per heavy atom.